The minimum Gasteiger partial charge on any atom is -0.294 e. The molecule has 0 unspecified atom stereocenters. The molecule has 2 aliphatic rings. The van der Waals surface area contributed by atoms with E-state index in [0.29, 0.717) is 5.69 Å². The van der Waals surface area contributed by atoms with Gasteiger partial charge in [-0.1, -0.05) is 72.8 Å². The summed E-state index contributed by atoms with van der Waals surface area (Å²) in [5.74, 6) is 0.898. The van der Waals surface area contributed by atoms with E-state index in [0.717, 1.165) is 60.9 Å². The van der Waals surface area contributed by atoms with Gasteiger partial charge in [-0.3, -0.25) is 9.88 Å². The normalized spacial score (nSPS) is 12.5. The molecule has 5 aromatic carbocycles. The Morgan fingerprint density at radius 2 is 1.41 bits per heavy atom. The summed E-state index contributed by atoms with van der Waals surface area (Å²) in [5.41, 5.74) is 10.6. The van der Waals surface area contributed by atoms with Gasteiger partial charge >= 0.3 is 0 Å². The molecule has 3 heterocycles. The highest BCUT2D eigenvalue weighted by Crippen LogP contribution is 2.54. The summed E-state index contributed by atoms with van der Waals surface area (Å²) >= 11 is 0. The fourth-order valence-electron chi connectivity index (χ4n) is 6.56. The quantitative estimate of drug-likeness (QED) is 0.168. The first kappa shape index (κ1) is 20.5. The van der Waals surface area contributed by atoms with Crippen LogP contribution < -0.4 is 4.90 Å². The SMILES string of the molecule is [C-]#[N+]c1ccc2c3c(cccc13)-c1ccc(N3c4ccccc4-c4nccc5c4c3nc3ccccc35)cc1-2. The van der Waals surface area contributed by atoms with Crippen molar-refractivity contribution in [3.63, 3.8) is 0 Å². The third-order valence-electron chi connectivity index (χ3n) is 8.19. The number of nitrogens with zero attached hydrogens (tertiary/aromatic N) is 4. The lowest BCUT2D eigenvalue weighted by atomic mass is 9.95. The van der Waals surface area contributed by atoms with Crippen LogP contribution in [0.15, 0.2) is 109 Å². The maximum absolute atomic E-state index is 7.66. The molecule has 7 aromatic rings. The molecule has 0 saturated carbocycles. The molecule has 0 amide bonds. The summed E-state index contributed by atoms with van der Waals surface area (Å²) in [4.78, 5) is 16.2. The topological polar surface area (TPSA) is 33.4 Å². The monoisotopic (exact) mass is 494 g/mol. The van der Waals surface area contributed by atoms with Crippen molar-refractivity contribution in [1.82, 2.24) is 9.97 Å². The van der Waals surface area contributed by atoms with Gasteiger partial charge in [-0.2, -0.15) is 0 Å². The van der Waals surface area contributed by atoms with Gasteiger partial charge < -0.3 is 0 Å². The van der Waals surface area contributed by atoms with E-state index < -0.39 is 0 Å². The zero-order valence-electron chi connectivity index (χ0n) is 20.7. The largest absolute Gasteiger partial charge is 0.294 e. The lowest BCUT2D eigenvalue weighted by Crippen LogP contribution is -2.17. The van der Waals surface area contributed by atoms with Gasteiger partial charge in [0.1, 0.15) is 5.82 Å². The van der Waals surface area contributed by atoms with Gasteiger partial charge in [0.15, 0.2) is 5.69 Å². The number of rotatable bonds is 1. The second-order valence-corrected chi connectivity index (χ2v) is 10.1. The van der Waals surface area contributed by atoms with E-state index in [1.165, 1.54) is 22.3 Å². The molecule has 9 rings (SSSR count). The Hall–Kier alpha value is -5.53. The standard InChI is InChI=1S/C35H18N4/c1-36-29-16-15-24-28-19-20(13-14-21(28)23-9-6-10-26(29)32(23)24)39-31-12-5-3-8-27(31)34-33-25(17-18-37-34)22-7-2-4-11-30(22)38-35(33)39/h2-19H. The van der Waals surface area contributed by atoms with Crippen LogP contribution in [0.4, 0.5) is 22.9 Å². The molecule has 4 nitrogen and oxygen atoms in total. The molecule has 39 heavy (non-hydrogen) atoms. The van der Waals surface area contributed by atoms with Crippen LogP contribution in [-0.2, 0) is 0 Å². The number of benzene rings is 5. The van der Waals surface area contributed by atoms with Crippen LogP contribution in [0.3, 0.4) is 0 Å². The minimum absolute atomic E-state index is 0.695. The van der Waals surface area contributed by atoms with Crippen LogP contribution in [0.1, 0.15) is 0 Å². The Labute approximate surface area is 224 Å². The first-order chi connectivity index (χ1) is 19.3. The van der Waals surface area contributed by atoms with Gasteiger partial charge in [0.05, 0.1) is 28.9 Å². The summed E-state index contributed by atoms with van der Waals surface area (Å²) in [6, 6.07) is 35.9. The van der Waals surface area contributed by atoms with Crippen molar-refractivity contribution in [2.75, 3.05) is 4.90 Å². The molecule has 0 radical (unpaired) electrons. The molecule has 0 fully saturated rings. The van der Waals surface area contributed by atoms with Crippen molar-refractivity contribution in [3.8, 4) is 33.5 Å². The van der Waals surface area contributed by atoms with E-state index in [9.17, 15) is 0 Å². The number of hydrogen-bond acceptors (Lipinski definition) is 3. The fourth-order valence-corrected chi connectivity index (χ4v) is 6.56. The minimum atomic E-state index is 0.695. The molecular formula is C35H18N4. The number of pyridine rings is 2. The van der Waals surface area contributed by atoms with Gasteiger partial charge in [0.2, 0.25) is 0 Å². The average molecular weight is 495 g/mol. The Morgan fingerprint density at radius 3 is 2.36 bits per heavy atom. The van der Waals surface area contributed by atoms with Crippen LogP contribution in [0.5, 0.6) is 0 Å². The van der Waals surface area contributed by atoms with Crippen molar-refractivity contribution < 1.29 is 0 Å². The molecule has 178 valence electrons. The Morgan fingerprint density at radius 1 is 0.615 bits per heavy atom. The molecule has 1 aliphatic carbocycles. The van der Waals surface area contributed by atoms with Crippen LogP contribution in [-0.4, -0.2) is 9.97 Å². The number of anilines is 3. The van der Waals surface area contributed by atoms with E-state index >= 15 is 0 Å². The molecule has 4 heteroatoms. The maximum Gasteiger partial charge on any atom is 0.194 e. The second-order valence-electron chi connectivity index (χ2n) is 10.1. The van der Waals surface area contributed by atoms with Gasteiger partial charge in [-0.15, -0.1) is 0 Å². The Kier molecular flexibility index (Phi) is 3.83. The number of fused-ring (bicyclic) bond motifs is 7. The number of para-hydroxylation sites is 2. The maximum atomic E-state index is 7.66. The van der Waals surface area contributed by atoms with E-state index in [4.69, 9.17) is 16.5 Å². The van der Waals surface area contributed by atoms with Crippen molar-refractivity contribution in [1.29, 1.82) is 0 Å². The first-order valence-electron chi connectivity index (χ1n) is 13.0. The van der Waals surface area contributed by atoms with E-state index in [1.54, 1.807) is 0 Å². The molecule has 0 saturated heterocycles. The predicted molar refractivity (Wildman–Crippen MR) is 159 cm³/mol. The number of hydrogen-bond donors (Lipinski definition) is 0. The average Bonchev–Trinajstić information content (AvgIpc) is 3.32. The van der Waals surface area contributed by atoms with Crippen LogP contribution in [0, 0.1) is 6.57 Å². The van der Waals surface area contributed by atoms with Crippen molar-refractivity contribution in [2.24, 2.45) is 0 Å². The lowest BCUT2D eigenvalue weighted by Gasteiger charge is -2.32. The third-order valence-corrected chi connectivity index (χ3v) is 8.19. The highest BCUT2D eigenvalue weighted by Gasteiger charge is 2.30. The zero-order valence-corrected chi connectivity index (χ0v) is 20.7. The van der Waals surface area contributed by atoms with Gasteiger partial charge in [-0.05, 0) is 68.7 Å². The van der Waals surface area contributed by atoms with Crippen LogP contribution in [0.2, 0.25) is 0 Å². The molecule has 2 aromatic heterocycles. The molecule has 1 aliphatic heterocycles. The van der Waals surface area contributed by atoms with Crippen molar-refractivity contribution in [3.05, 3.63) is 121 Å². The Balaban J connectivity index is 1.36. The molecule has 0 atom stereocenters. The Bertz CT molecular complexity index is 2260. The molecule has 0 spiro atoms. The summed E-state index contributed by atoms with van der Waals surface area (Å²) in [6.45, 7) is 7.66. The molecule has 0 N–H and O–H groups in total. The van der Waals surface area contributed by atoms with Crippen LogP contribution >= 0.6 is 0 Å². The third kappa shape index (κ3) is 2.56. The van der Waals surface area contributed by atoms with Crippen LogP contribution in [0.25, 0.3) is 70.8 Å². The van der Waals surface area contributed by atoms with E-state index in [1.807, 2.05) is 18.3 Å². The van der Waals surface area contributed by atoms with Crippen molar-refractivity contribution in [2.45, 2.75) is 0 Å². The summed E-state index contributed by atoms with van der Waals surface area (Å²) in [6.07, 6.45) is 1.91. The van der Waals surface area contributed by atoms with Gasteiger partial charge in [0, 0.05) is 22.8 Å². The smallest absolute Gasteiger partial charge is 0.194 e. The van der Waals surface area contributed by atoms with Gasteiger partial charge in [-0.25, -0.2) is 9.83 Å². The fraction of sp³-hybridized carbons (Fsp3) is 0. The summed E-state index contributed by atoms with van der Waals surface area (Å²) in [5, 5.41) is 5.54. The molecule has 0 bridgehead atoms. The highest BCUT2D eigenvalue weighted by atomic mass is 15.2. The molecular weight excluding hydrogens is 476 g/mol. The zero-order chi connectivity index (χ0) is 25.7. The summed E-state index contributed by atoms with van der Waals surface area (Å²) in [7, 11) is 0. The second kappa shape index (κ2) is 7.28. The highest BCUT2D eigenvalue weighted by molar-refractivity contribution is 6.21. The first-order valence-corrected chi connectivity index (χ1v) is 13.0. The van der Waals surface area contributed by atoms with E-state index in [-0.39, 0.29) is 0 Å². The lowest BCUT2D eigenvalue weighted by molar-refractivity contribution is 1.20. The predicted octanol–water partition coefficient (Wildman–Crippen LogP) is 9.58. The number of aromatic nitrogens is 2. The van der Waals surface area contributed by atoms with E-state index in [2.05, 4.69) is 101 Å². The van der Waals surface area contributed by atoms with Gasteiger partial charge in [0.25, 0.3) is 0 Å². The van der Waals surface area contributed by atoms with Crippen molar-refractivity contribution >= 4 is 55.3 Å². The summed E-state index contributed by atoms with van der Waals surface area (Å²) < 4.78 is 0.